The summed E-state index contributed by atoms with van der Waals surface area (Å²) in [5, 5.41) is 23.5. The molecule has 0 aromatic heterocycles. The number of benzene rings is 1. The van der Waals surface area contributed by atoms with E-state index in [2.05, 4.69) is 16.0 Å². The summed E-state index contributed by atoms with van der Waals surface area (Å²) in [6.45, 7) is 1.80. The lowest BCUT2D eigenvalue weighted by molar-refractivity contribution is -0.142. The van der Waals surface area contributed by atoms with Crippen molar-refractivity contribution in [2.75, 3.05) is 6.54 Å². The second-order valence-electron chi connectivity index (χ2n) is 5.81. The summed E-state index contributed by atoms with van der Waals surface area (Å²) in [7, 11) is 0. The van der Waals surface area contributed by atoms with Crippen LogP contribution in [0.25, 0.3) is 0 Å². The van der Waals surface area contributed by atoms with Crippen LogP contribution in [-0.2, 0) is 20.9 Å². The normalized spacial score (nSPS) is 12.3. The predicted octanol–water partition coefficient (Wildman–Crippen LogP) is 0.134. The Hall–Kier alpha value is -3.30. The molecule has 148 valence electrons. The van der Waals surface area contributed by atoms with Gasteiger partial charge in [0.25, 0.3) is 0 Å². The minimum Gasteiger partial charge on any atom is -0.480 e. The first-order valence-corrected chi connectivity index (χ1v) is 8.38. The smallest absolute Gasteiger partial charge is 0.408 e. The Kier molecular flexibility index (Phi) is 9.13. The van der Waals surface area contributed by atoms with Crippen LogP contribution in [0.2, 0.25) is 0 Å². The molecule has 27 heavy (non-hydrogen) atoms. The molecule has 1 rings (SSSR count). The van der Waals surface area contributed by atoms with Crippen LogP contribution in [0.4, 0.5) is 4.79 Å². The lowest BCUT2D eigenvalue weighted by Crippen LogP contribution is -2.50. The first kappa shape index (κ1) is 21.7. The van der Waals surface area contributed by atoms with Gasteiger partial charge in [-0.2, -0.15) is 0 Å². The number of alkyl carbamates (subject to hydrolysis) is 1. The van der Waals surface area contributed by atoms with E-state index in [-0.39, 0.29) is 19.0 Å². The van der Waals surface area contributed by atoms with E-state index in [0.717, 1.165) is 5.56 Å². The van der Waals surface area contributed by atoms with E-state index in [0.29, 0.717) is 13.0 Å². The van der Waals surface area contributed by atoms with Crippen molar-refractivity contribution in [3.63, 3.8) is 0 Å². The second kappa shape index (κ2) is 11.3. The second-order valence-corrected chi connectivity index (χ2v) is 5.81. The summed E-state index contributed by atoms with van der Waals surface area (Å²) in [6.07, 6.45) is -0.247. The fraction of sp³-hybridized carbons (Fsp3) is 0.412. The van der Waals surface area contributed by atoms with Gasteiger partial charge >= 0.3 is 12.1 Å². The van der Waals surface area contributed by atoms with Crippen molar-refractivity contribution >= 4 is 23.9 Å². The predicted molar refractivity (Wildman–Crippen MR) is 97.9 cm³/mol. The number of hydrogen-bond donors (Lipinski definition) is 6. The van der Waals surface area contributed by atoms with Gasteiger partial charge in [0.2, 0.25) is 5.91 Å². The van der Waals surface area contributed by atoms with Gasteiger partial charge in [-0.1, -0.05) is 30.3 Å². The highest BCUT2D eigenvalue weighted by molar-refractivity contribution is 5.88. The van der Waals surface area contributed by atoms with Crippen LogP contribution < -0.4 is 21.7 Å². The van der Waals surface area contributed by atoms with E-state index in [1.165, 1.54) is 6.92 Å². The highest BCUT2D eigenvalue weighted by Gasteiger charge is 2.23. The molecule has 0 radical (unpaired) electrons. The fourth-order valence-electron chi connectivity index (χ4n) is 2.09. The van der Waals surface area contributed by atoms with Crippen molar-refractivity contribution in [1.82, 2.24) is 16.0 Å². The van der Waals surface area contributed by atoms with Gasteiger partial charge in [-0.3, -0.25) is 10.2 Å². The molecule has 0 fully saturated rings. The zero-order valence-electron chi connectivity index (χ0n) is 15.0. The molecule has 0 heterocycles. The zero-order valence-corrected chi connectivity index (χ0v) is 15.0. The summed E-state index contributed by atoms with van der Waals surface area (Å²) in [5.41, 5.74) is 5.93. The van der Waals surface area contributed by atoms with E-state index in [9.17, 15) is 19.5 Å². The molecule has 0 bridgehead atoms. The van der Waals surface area contributed by atoms with Crippen LogP contribution in [0.15, 0.2) is 30.3 Å². The van der Waals surface area contributed by atoms with Crippen molar-refractivity contribution in [3.05, 3.63) is 35.9 Å². The number of nitrogens with two attached hydrogens (primary N) is 1. The summed E-state index contributed by atoms with van der Waals surface area (Å²) in [6, 6.07) is 6.96. The van der Waals surface area contributed by atoms with Crippen molar-refractivity contribution < 1.29 is 24.2 Å². The molecule has 2 atom stereocenters. The van der Waals surface area contributed by atoms with Gasteiger partial charge in [0, 0.05) is 6.54 Å². The Morgan fingerprint density at radius 3 is 2.48 bits per heavy atom. The third kappa shape index (κ3) is 9.10. The highest BCUT2D eigenvalue weighted by Crippen LogP contribution is 2.01. The van der Waals surface area contributed by atoms with Gasteiger partial charge in [0.05, 0.1) is 0 Å². The Morgan fingerprint density at radius 1 is 1.22 bits per heavy atom. The zero-order chi connectivity index (χ0) is 20.2. The number of guanidine groups is 1. The standard InChI is InChI=1S/C17H25N5O5/c1-11(21-17(26)27-10-12-6-3-2-4-7-12)14(23)22-13(15(24)25)8-5-9-20-16(18)19/h2-4,6-7,11,13H,5,8-10H2,1H3,(H,21,26)(H,22,23)(H,24,25)(H4,18,19,20)/t11-,13-/m0/s1. The number of carboxylic acid groups (broad SMARTS) is 1. The van der Waals surface area contributed by atoms with Crippen molar-refractivity contribution in [1.29, 1.82) is 5.41 Å². The number of nitrogens with one attached hydrogen (secondary N) is 4. The molecule has 10 nitrogen and oxygen atoms in total. The lowest BCUT2D eigenvalue weighted by atomic mass is 10.1. The molecule has 10 heteroatoms. The van der Waals surface area contributed by atoms with Crippen molar-refractivity contribution in [2.24, 2.45) is 5.73 Å². The SMILES string of the molecule is C[C@H](NC(=O)OCc1ccccc1)C(=O)N[C@@H](CCCNC(=N)N)C(=O)O. The Morgan fingerprint density at radius 2 is 1.89 bits per heavy atom. The maximum absolute atomic E-state index is 12.1. The minimum atomic E-state index is -1.19. The molecule has 0 saturated heterocycles. The Labute approximate surface area is 157 Å². The number of amides is 2. The van der Waals surface area contributed by atoms with E-state index in [4.69, 9.17) is 15.9 Å². The number of carboxylic acids is 1. The largest absolute Gasteiger partial charge is 0.480 e. The molecule has 0 aliphatic carbocycles. The maximum Gasteiger partial charge on any atom is 0.408 e. The number of ether oxygens (including phenoxy) is 1. The van der Waals surface area contributed by atoms with Gasteiger partial charge in [-0.05, 0) is 25.3 Å². The number of carbonyl (C=O) groups excluding carboxylic acids is 2. The average molecular weight is 379 g/mol. The van der Waals surface area contributed by atoms with Crippen LogP contribution in [0.3, 0.4) is 0 Å². The summed E-state index contributed by atoms with van der Waals surface area (Å²) < 4.78 is 5.02. The highest BCUT2D eigenvalue weighted by atomic mass is 16.5. The van der Waals surface area contributed by atoms with E-state index in [1.807, 2.05) is 18.2 Å². The van der Waals surface area contributed by atoms with Crippen LogP contribution in [0, 0.1) is 5.41 Å². The van der Waals surface area contributed by atoms with E-state index < -0.39 is 30.1 Å². The third-order valence-electron chi connectivity index (χ3n) is 3.54. The monoisotopic (exact) mass is 379 g/mol. The number of rotatable bonds is 10. The van der Waals surface area contributed by atoms with E-state index in [1.54, 1.807) is 12.1 Å². The molecule has 0 aliphatic heterocycles. The molecule has 0 spiro atoms. The molecule has 0 saturated carbocycles. The first-order chi connectivity index (χ1) is 12.8. The topological polar surface area (TPSA) is 167 Å². The van der Waals surface area contributed by atoms with Crippen molar-refractivity contribution in [3.8, 4) is 0 Å². The third-order valence-corrected chi connectivity index (χ3v) is 3.54. The van der Waals surface area contributed by atoms with Gasteiger partial charge in [-0.15, -0.1) is 0 Å². The lowest BCUT2D eigenvalue weighted by Gasteiger charge is -2.18. The summed E-state index contributed by atoms with van der Waals surface area (Å²) in [5.74, 6) is -2.04. The average Bonchev–Trinajstić information content (AvgIpc) is 2.62. The number of hydrogen-bond acceptors (Lipinski definition) is 5. The van der Waals surface area contributed by atoms with Crippen LogP contribution in [0.1, 0.15) is 25.3 Å². The molecule has 2 amide bonds. The number of aliphatic carboxylic acids is 1. The summed E-state index contributed by atoms with van der Waals surface area (Å²) >= 11 is 0. The molecule has 0 unspecified atom stereocenters. The molecule has 1 aromatic carbocycles. The van der Waals surface area contributed by atoms with Gasteiger partial charge in [0.1, 0.15) is 18.7 Å². The van der Waals surface area contributed by atoms with Crippen LogP contribution in [0.5, 0.6) is 0 Å². The van der Waals surface area contributed by atoms with E-state index >= 15 is 0 Å². The van der Waals surface area contributed by atoms with Crippen LogP contribution >= 0.6 is 0 Å². The Bertz CT molecular complexity index is 652. The number of carbonyl (C=O) groups is 3. The minimum absolute atomic E-state index is 0.0575. The van der Waals surface area contributed by atoms with Gasteiger partial charge in [-0.25, -0.2) is 9.59 Å². The molecular weight excluding hydrogens is 354 g/mol. The molecular formula is C17H25N5O5. The molecule has 1 aromatic rings. The summed E-state index contributed by atoms with van der Waals surface area (Å²) in [4.78, 5) is 35.1. The van der Waals surface area contributed by atoms with Crippen molar-refractivity contribution in [2.45, 2.75) is 38.5 Å². The van der Waals surface area contributed by atoms with Gasteiger partial charge in [0.15, 0.2) is 5.96 Å². The van der Waals surface area contributed by atoms with Gasteiger partial charge < -0.3 is 31.5 Å². The first-order valence-electron chi connectivity index (χ1n) is 8.38. The van der Waals surface area contributed by atoms with Crippen LogP contribution in [-0.4, -0.2) is 47.7 Å². The fourth-order valence-corrected chi connectivity index (χ4v) is 2.09. The maximum atomic E-state index is 12.1. The Balaban J connectivity index is 2.39. The quantitative estimate of drug-likeness (QED) is 0.191. The molecule has 7 N–H and O–H groups in total. The molecule has 0 aliphatic rings.